The number of alkyl halides is 24. The van der Waals surface area contributed by atoms with Crippen molar-refractivity contribution in [3.8, 4) is 0 Å². The first-order valence-corrected chi connectivity index (χ1v) is 23.1. The van der Waals surface area contributed by atoms with Crippen LogP contribution in [0.1, 0.15) is 109 Å². The van der Waals surface area contributed by atoms with Crippen LogP contribution in [0.15, 0.2) is 72.8 Å². The molecule has 0 bridgehead atoms. The Balaban J connectivity index is 0.000000769. The summed E-state index contributed by atoms with van der Waals surface area (Å²) in [5.74, 6) is 0. The molecule has 0 unspecified atom stereocenters. The molecule has 0 spiro atoms. The maximum atomic E-state index is 14.2. The molecule has 81 heavy (non-hydrogen) atoms. The third kappa shape index (κ3) is 19.3. The normalized spacial score (nSPS) is 16.1. The van der Waals surface area contributed by atoms with Crippen LogP contribution >= 0.6 is 0 Å². The van der Waals surface area contributed by atoms with Gasteiger partial charge in [-0.2, -0.15) is 127 Å². The van der Waals surface area contributed by atoms with Crippen LogP contribution in [0, 0.1) is 45.4 Å². The van der Waals surface area contributed by atoms with Crippen molar-refractivity contribution in [2.24, 2.45) is 0 Å². The molecule has 0 atom stereocenters. The fourth-order valence-corrected chi connectivity index (χ4v) is 9.45. The summed E-state index contributed by atoms with van der Waals surface area (Å²) in [4.78, 5) is 0. The summed E-state index contributed by atoms with van der Waals surface area (Å²) in [7, 11) is 6.26. The standard InChI is InChI=1S/C32H12BF24.C12H22BN.C5H5.2CO.Fe/c34-25(35,36)13-1-14(26(37,38)39)6-21(5-13)33(22-7-15(27(40,41)42)2-16(8-22)28(43,44)45,23-9-17(29(46,47)48)3-18(10-23)30(49,50)51)24-11-19(31(52,53)54)4-20(12-24)32(55,56)57;13-14(11-7-3-1-4-8-11)12-9-5-2-6-10-12;1-2-4-5-3-1;2*1-2;/h1-12H;11-12H,1-10H2;1-5H;;;/q-1;;;;;+2. The maximum absolute atomic E-state index is 14.2. The number of nitrogens with zero attached hydrogens (tertiary/aromatic N) is 1. The number of rotatable bonds is 6. The van der Waals surface area contributed by atoms with Crippen LogP contribution in [0.5, 0.6) is 0 Å². The van der Waals surface area contributed by atoms with Crippen LogP contribution in [0.4, 0.5) is 105 Å². The topological polar surface area (TPSA) is 42.8 Å². The molecular formula is C51H39B2F24FeNO2+. The van der Waals surface area contributed by atoms with Crippen molar-refractivity contribution in [2.45, 2.75) is 126 Å². The molecule has 7 radical (unpaired) electrons. The molecule has 3 aliphatic rings. The van der Waals surface area contributed by atoms with Crippen LogP contribution in [-0.2, 0) is 75.8 Å². The van der Waals surface area contributed by atoms with E-state index in [9.17, 15) is 105 Å². The van der Waals surface area contributed by atoms with E-state index >= 15 is 0 Å². The fraction of sp³-hybridized carbons (Fsp3) is 0.392. The minimum atomic E-state index is -6.13. The predicted molar refractivity (Wildman–Crippen MR) is 239 cm³/mol. The first kappa shape index (κ1) is 72.2. The molecule has 3 nitrogen and oxygen atoms in total. The smallest absolute Gasteiger partial charge is 0.0312 e. The molecule has 0 amide bonds. The van der Waals surface area contributed by atoms with Crippen molar-refractivity contribution >= 4 is 35.6 Å². The number of halogens is 24. The zero-order valence-corrected chi connectivity index (χ0v) is 42.0. The predicted octanol–water partition coefficient (Wildman–Crippen LogP) is 15.2. The van der Waals surface area contributed by atoms with Gasteiger partial charge in [-0.1, -0.05) is 61.4 Å². The summed E-state index contributed by atoms with van der Waals surface area (Å²) in [5.41, 5.74) is -30.2. The molecule has 0 heterocycles. The first-order valence-electron chi connectivity index (χ1n) is 23.1. The zero-order valence-electron chi connectivity index (χ0n) is 40.9. The van der Waals surface area contributed by atoms with Gasteiger partial charge >= 0.3 is 89.1 Å². The zero-order chi connectivity index (χ0) is 61.3. The summed E-state index contributed by atoms with van der Waals surface area (Å²) in [6, 6.07) is -7.41. The Morgan fingerprint density at radius 3 is 0.593 bits per heavy atom. The molecule has 0 saturated heterocycles. The van der Waals surface area contributed by atoms with Gasteiger partial charge in [0.05, 0.1) is 56.6 Å². The van der Waals surface area contributed by atoms with Gasteiger partial charge in [0.15, 0.2) is 0 Å². The molecule has 4 aromatic rings. The third-order valence-corrected chi connectivity index (χ3v) is 13.0. The van der Waals surface area contributed by atoms with Gasteiger partial charge in [0.1, 0.15) is 6.15 Å². The van der Waals surface area contributed by atoms with E-state index in [4.69, 9.17) is 16.9 Å². The Morgan fingerprint density at radius 2 is 0.457 bits per heavy atom. The summed E-state index contributed by atoms with van der Waals surface area (Å²) in [6.07, 6.45) is -31.0. The average Bonchev–Trinajstić information content (AvgIpc) is 3.97. The molecule has 0 N–H and O–H groups in total. The van der Waals surface area contributed by atoms with E-state index in [1.165, 1.54) is 64.2 Å². The Labute approximate surface area is 459 Å². The van der Waals surface area contributed by atoms with Crippen molar-refractivity contribution < 1.29 is 136 Å². The molecule has 3 saturated carbocycles. The Kier molecular flexibility index (Phi) is 25.1. The van der Waals surface area contributed by atoms with Gasteiger partial charge in [0.2, 0.25) is 0 Å². The van der Waals surface area contributed by atoms with E-state index in [1.807, 2.05) is 32.1 Å². The van der Waals surface area contributed by atoms with Gasteiger partial charge < -0.3 is 4.48 Å². The van der Waals surface area contributed by atoms with Crippen LogP contribution in [0.2, 0.25) is 0 Å². The van der Waals surface area contributed by atoms with E-state index in [1.54, 1.807) is 0 Å². The molecule has 30 heteroatoms. The first-order chi connectivity index (χ1) is 36.6. The SMILES string of the molecule is FC(F)(F)c1cc([B-](c2cc(C(F)(F)F)cc(C(F)(F)F)c2)(c2cc(C(F)(F)F)cc(C(F)(F)F)c2)c2cc(C(F)(F)F)cc(C(F)(F)F)c2)cc(C(F)(F)F)c1.[B-]=[N+](C1CCCCC1)C1CCCCC1.[C-]#[O+].[C-]#[O+].[CH]1[CH][CH][CH][CH]1.[Fe+2]. The minimum Gasteiger partial charge on any atom is -0.0312 e. The molecule has 441 valence electrons. The molecule has 4 aromatic carbocycles. The van der Waals surface area contributed by atoms with Gasteiger partial charge in [-0.05, 0) is 82.1 Å². The van der Waals surface area contributed by atoms with Crippen LogP contribution in [0.3, 0.4) is 0 Å². The van der Waals surface area contributed by atoms with Gasteiger partial charge in [0.25, 0.3) is 0 Å². The van der Waals surface area contributed by atoms with Crippen molar-refractivity contribution in [1.82, 2.24) is 0 Å². The summed E-state index contributed by atoms with van der Waals surface area (Å²) < 4.78 is 358. The average molecular weight is 1230 g/mol. The second kappa shape index (κ2) is 28.1. The Bertz CT molecular complexity index is 2270. The summed E-state index contributed by atoms with van der Waals surface area (Å²) in [6.45, 7) is 9.00. The quantitative estimate of drug-likeness (QED) is 0.0799. The van der Waals surface area contributed by atoms with Crippen molar-refractivity contribution in [2.75, 3.05) is 0 Å². The van der Waals surface area contributed by atoms with E-state index in [2.05, 4.69) is 17.8 Å². The Hall–Kier alpha value is -4.87. The Morgan fingerprint density at radius 1 is 0.309 bits per heavy atom. The molecule has 7 rings (SSSR count). The van der Waals surface area contributed by atoms with Crippen LogP contribution in [0.25, 0.3) is 0 Å². The van der Waals surface area contributed by atoms with Gasteiger partial charge in [-0.15, -0.1) is 7.64 Å². The van der Waals surface area contributed by atoms with Crippen molar-refractivity contribution in [3.05, 3.63) is 163 Å². The molecular weight excluding hydrogens is 1190 g/mol. The third-order valence-electron chi connectivity index (χ3n) is 13.0. The van der Waals surface area contributed by atoms with E-state index < -0.39 is 195 Å². The maximum Gasteiger partial charge on any atom is 2.00 e. The van der Waals surface area contributed by atoms with Crippen LogP contribution < -0.4 is 21.9 Å². The largest absolute Gasteiger partial charge is 2.00 e. The monoisotopic (exact) mass is 1230 g/mol. The summed E-state index contributed by atoms with van der Waals surface area (Å²) in [5, 5.41) is 0. The van der Waals surface area contributed by atoms with Gasteiger partial charge in [-0.3, -0.25) is 0 Å². The van der Waals surface area contributed by atoms with E-state index in [0.29, 0.717) is 12.1 Å². The molecule has 0 aliphatic heterocycles. The number of hydrogen-bond acceptors (Lipinski definition) is 0. The van der Waals surface area contributed by atoms with E-state index in [-0.39, 0.29) is 17.1 Å². The molecule has 3 fully saturated rings. The number of benzene rings is 4. The van der Waals surface area contributed by atoms with Crippen molar-refractivity contribution in [1.29, 1.82) is 0 Å². The molecule has 3 aliphatic carbocycles. The fourth-order valence-electron chi connectivity index (χ4n) is 9.45. The second-order valence-electron chi connectivity index (χ2n) is 18.2. The van der Waals surface area contributed by atoms with Gasteiger partial charge in [-0.25, -0.2) is 0 Å². The van der Waals surface area contributed by atoms with Gasteiger partial charge in [0, 0.05) is 25.7 Å². The molecule has 0 aromatic heterocycles. The van der Waals surface area contributed by atoms with Crippen LogP contribution in [-0.4, -0.2) is 30.3 Å². The van der Waals surface area contributed by atoms with E-state index in [0.717, 1.165) is 0 Å². The second-order valence-corrected chi connectivity index (χ2v) is 18.2. The minimum absolute atomic E-state index is 0. The number of hydrogen-bond donors (Lipinski definition) is 0. The summed E-state index contributed by atoms with van der Waals surface area (Å²) >= 11 is 0. The van der Waals surface area contributed by atoms with Crippen molar-refractivity contribution in [3.63, 3.8) is 0 Å².